The second-order valence-electron chi connectivity index (χ2n) is 4.79. The molecule has 0 unspecified atom stereocenters. The zero-order valence-electron chi connectivity index (χ0n) is 11.7. The largest absolute Gasteiger partial charge is 0.411 e. The monoisotopic (exact) mass is 312 g/mol. The highest BCUT2D eigenvalue weighted by Gasteiger charge is 2.27. The molecule has 0 bridgehead atoms. The van der Waals surface area contributed by atoms with Crippen molar-refractivity contribution in [2.45, 2.75) is 12.7 Å². The van der Waals surface area contributed by atoms with Crippen LogP contribution in [-0.2, 0) is 16.1 Å². The molecule has 0 saturated carbocycles. The van der Waals surface area contributed by atoms with Gasteiger partial charge >= 0.3 is 6.18 Å². The number of ether oxygens (including phenoxy) is 1. The Morgan fingerprint density at radius 1 is 1.32 bits per heavy atom. The van der Waals surface area contributed by atoms with E-state index in [2.05, 4.69) is 11.3 Å². The molecule has 0 aliphatic carbocycles. The lowest BCUT2D eigenvalue weighted by molar-refractivity contribution is -0.174. The van der Waals surface area contributed by atoms with Gasteiger partial charge in [0.05, 0.1) is 6.61 Å². The van der Waals surface area contributed by atoms with Crippen LogP contribution in [0.2, 0.25) is 0 Å². The molecule has 1 amide bonds. The van der Waals surface area contributed by atoms with Crippen LogP contribution in [-0.4, -0.2) is 29.9 Å². The van der Waals surface area contributed by atoms with Crippen molar-refractivity contribution in [1.29, 1.82) is 0 Å². The number of alkyl halides is 3. The smallest absolute Gasteiger partial charge is 0.370 e. The quantitative estimate of drug-likeness (QED) is 0.658. The lowest BCUT2D eigenvalue weighted by atomic mass is 10.1. The zero-order valence-corrected chi connectivity index (χ0v) is 11.7. The molecule has 1 aromatic heterocycles. The summed E-state index contributed by atoms with van der Waals surface area (Å²) in [4.78, 5) is 11.1. The molecule has 1 aromatic carbocycles. The number of aromatic nitrogens is 1. The van der Waals surface area contributed by atoms with E-state index in [1.165, 1.54) is 0 Å². The fraction of sp³-hybridized carbons (Fsp3) is 0.267. The van der Waals surface area contributed by atoms with Gasteiger partial charge in [0.1, 0.15) is 6.61 Å². The van der Waals surface area contributed by atoms with Gasteiger partial charge in [0.2, 0.25) is 5.91 Å². The Labute approximate surface area is 125 Å². The van der Waals surface area contributed by atoms with Crippen molar-refractivity contribution in [3.05, 3.63) is 42.6 Å². The van der Waals surface area contributed by atoms with Gasteiger partial charge in [0.25, 0.3) is 0 Å². The summed E-state index contributed by atoms with van der Waals surface area (Å²) in [6.45, 7) is 2.62. The van der Waals surface area contributed by atoms with E-state index in [-0.39, 0.29) is 12.2 Å². The van der Waals surface area contributed by atoms with E-state index in [0.29, 0.717) is 12.1 Å². The van der Waals surface area contributed by atoms with E-state index in [9.17, 15) is 18.0 Å². The van der Waals surface area contributed by atoms with E-state index in [1.807, 2.05) is 0 Å². The highest BCUT2D eigenvalue weighted by atomic mass is 19.4. The maximum absolute atomic E-state index is 12.0. The molecule has 0 atom stereocenters. The molecule has 2 rings (SSSR count). The van der Waals surface area contributed by atoms with Crippen LogP contribution in [0, 0.1) is 0 Å². The van der Waals surface area contributed by atoms with Gasteiger partial charge in [0.15, 0.2) is 0 Å². The maximum Gasteiger partial charge on any atom is 0.411 e. The average molecular weight is 312 g/mol. The minimum absolute atomic E-state index is 0.0426. The van der Waals surface area contributed by atoms with Crippen molar-refractivity contribution in [1.82, 2.24) is 4.57 Å². The zero-order chi connectivity index (χ0) is 16.3. The summed E-state index contributed by atoms with van der Waals surface area (Å²) >= 11 is 0. The predicted octanol–water partition coefficient (Wildman–Crippen LogP) is 2.72. The SMILES string of the molecule is C=C(C(N)=O)c1ccc2c(ccn2CCOCC(F)(F)F)c1. The van der Waals surface area contributed by atoms with Gasteiger partial charge in [-0.1, -0.05) is 12.6 Å². The lowest BCUT2D eigenvalue weighted by Crippen LogP contribution is -2.18. The minimum Gasteiger partial charge on any atom is -0.370 e. The van der Waals surface area contributed by atoms with Crippen molar-refractivity contribution < 1.29 is 22.7 Å². The summed E-state index contributed by atoms with van der Waals surface area (Å²) in [6.07, 6.45) is -2.57. The van der Waals surface area contributed by atoms with Crippen LogP contribution >= 0.6 is 0 Å². The summed E-state index contributed by atoms with van der Waals surface area (Å²) in [5, 5.41) is 0.843. The molecule has 4 nitrogen and oxygen atoms in total. The average Bonchev–Trinajstić information content (AvgIpc) is 2.84. The normalized spacial score (nSPS) is 11.8. The number of benzene rings is 1. The van der Waals surface area contributed by atoms with Crippen LogP contribution in [0.4, 0.5) is 13.2 Å². The van der Waals surface area contributed by atoms with Gasteiger partial charge in [-0.3, -0.25) is 4.79 Å². The standard InChI is InChI=1S/C15H15F3N2O2/c1-10(14(19)21)11-2-3-13-12(8-11)4-5-20(13)6-7-22-9-15(16,17)18/h2-5,8H,1,6-7,9H2,(H2,19,21). The first-order valence-electron chi connectivity index (χ1n) is 6.50. The van der Waals surface area contributed by atoms with Crippen molar-refractivity contribution >= 4 is 22.4 Å². The molecule has 2 aromatic rings. The van der Waals surface area contributed by atoms with Gasteiger partial charge in [-0.05, 0) is 23.8 Å². The fourth-order valence-electron chi connectivity index (χ4n) is 2.08. The Morgan fingerprint density at radius 3 is 2.68 bits per heavy atom. The molecule has 0 aliphatic rings. The summed E-state index contributed by atoms with van der Waals surface area (Å²) in [7, 11) is 0. The molecule has 0 aliphatic heterocycles. The second-order valence-corrected chi connectivity index (χ2v) is 4.79. The van der Waals surface area contributed by atoms with E-state index in [4.69, 9.17) is 5.73 Å². The Bertz CT molecular complexity index is 704. The highest BCUT2D eigenvalue weighted by molar-refractivity contribution is 6.18. The Kier molecular flexibility index (Phi) is 4.56. The number of carbonyl (C=O) groups is 1. The van der Waals surface area contributed by atoms with Crippen molar-refractivity contribution in [2.75, 3.05) is 13.2 Å². The number of nitrogens with two attached hydrogens (primary N) is 1. The summed E-state index contributed by atoms with van der Waals surface area (Å²) in [6, 6.07) is 7.03. The second kappa shape index (κ2) is 6.23. The number of hydrogen-bond donors (Lipinski definition) is 1. The van der Waals surface area contributed by atoms with E-state index in [1.54, 1.807) is 35.0 Å². The third-order valence-corrected chi connectivity index (χ3v) is 3.16. The first-order valence-corrected chi connectivity index (χ1v) is 6.50. The van der Waals surface area contributed by atoms with Gasteiger partial charge in [-0.2, -0.15) is 13.2 Å². The van der Waals surface area contributed by atoms with Crippen LogP contribution in [0.15, 0.2) is 37.0 Å². The van der Waals surface area contributed by atoms with Crippen LogP contribution in [0.5, 0.6) is 0 Å². The molecule has 0 fully saturated rings. The predicted molar refractivity (Wildman–Crippen MR) is 77.0 cm³/mol. The molecular weight excluding hydrogens is 297 g/mol. The molecule has 118 valence electrons. The Morgan fingerprint density at radius 2 is 2.05 bits per heavy atom. The molecule has 0 saturated heterocycles. The van der Waals surface area contributed by atoms with Crippen LogP contribution in [0.3, 0.4) is 0 Å². The Balaban J connectivity index is 2.07. The number of nitrogens with zero attached hydrogens (tertiary/aromatic N) is 1. The van der Waals surface area contributed by atoms with Gasteiger partial charge in [-0.25, -0.2) is 0 Å². The van der Waals surface area contributed by atoms with Crippen LogP contribution in [0.25, 0.3) is 16.5 Å². The third-order valence-electron chi connectivity index (χ3n) is 3.16. The first-order chi connectivity index (χ1) is 10.3. The molecule has 0 radical (unpaired) electrons. The molecule has 22 heavy (non-hydrogen) atoms. The molecule has 2 N–H and O–H groups in total. The van der Waals surface area contributed by atoms with Crippen molar-refractivity contribution in [2.24, 2.45) is 5.73 Å². The van der Waals surface area contributed by atoms with Crippen LogP contribution < -0.4 is 5.73 Å². The number of primary amides is 1. The third kappa shape index (κ3) is 3.88. The molecular formula is C15H15F3N2O2. The lowest BCUT2D eigenvalue weighted by Gasteiger charge is -2.09. The number of rotatable bonds is 6. The molecule has 1 heterocycles. The molecule has 7 heteroatoms. The number of carbonyl (C=O) groups excluding carboxylic acids is 1. The maximum atomic E-state index is 12.0. The number of halogens is 3. The number of hydrogen-bond acceptors (Lipinski definition) is 2. The highest BCUT2D eigenvalue weighted by Crippen LogP contribution is 2.21. The van der Waals surface area contributed by atoms with Gasteiger partial charge < -0.3 is 15.0 Å². The van der Waals surface area contributed by atoms with Crippen molar-refractivity contribution in [3.63, 3.8) is 0 Å². The summed E-state index contributed by atoms with van der Waals surface area (Å²) in [5.41, 5.74) is 6.84. The van der Waals surface area contributed by atoms with E-state index < -0.39 is 18.7 Å². The van der Waals surface area contributed by atoms with Gasteiger partial charge in [-0.15, -0.1) is 0 Å². The van der Waals surface area contributed by atoms with Gasteiger partial charge in [0, 0.05) is 29.2 Å². The summed E-state index contributed by atoms with van der Waals surface area (Å²) < 4.78 is 42.3. The number of fused-ring (bicyclic) bond motifs is 1. The minimum atomic E-state index is -4.32. The Hall–Kier alpha value is -2.28. The topological polar surface area (TPSA) is 57.2 Å². The first kappa shape index (κ1) is 16.1. The summed E-state index contributed by atoms with van der Waals surface area (Å²) in [5.74, 6) is -0.598. The van der Waals surface area contributed by atoms with E-state index in [0.717, 1.165) is 10.9 Å². The van der Waals surface area contributed by atoms with E-state index >= 15 is 0 Å². The van der Waals surface area contributed by atoms with Crippen molar-refractivity contribution in [3.8, 4) is 0 Å². The molecule has 0 spiro atoms. The van der Waals surface area contributed by atoms with Crippen LogP contribution in [0.1, 0.15) is 5.56 Å². The number of amides is 1. The fourth-order valence-corrected chi connectivity index (χ4v) is 2.08.